The highest BCUT2D eigenvalue weighted by molar-refractivity contribution is 5.68. The van der Waals surface area contributed by atoms with Crippen LogP contribution in [0.25, 0.3) is 11.1 Å². The second kappa shape index (κ2) is 3.81. The van der Waals surface area contributed by atoms with E-state index in [1.54, 1.807) is 0 Å². The molecule has 4 heteroatoms. The summed E-state index contributed by atoms with van der Waals surface area (Å²) >= 11 is 0. The molecule has 0 atom stereocenters. The van der Waals surface area contributed by atoms with Gasteiger partial charge in [-0.05, 0) is 36.4 Å². The third kappa shape index (κ3) is 1.82. The van der Waals surface area contributed by atoms with Crippen molar-refractivity contribution in [1.29, 1.82) is 0 Å². The van der Waals surface area contributed by atoms with E-state index in [9.17, 15) is 8.78 Å². The number of anilines is 2. The Labute approximate surface area is 91.5 Å². The summed E-state index contributed by atoms with van der Waals surface area (Å²) in [5.74, 6) is -1.10. The number of rotatable bonds is 1. The fourth-order valence-corrected chi connectivity index (χ4v) is 1.50. The average molecular weight is 220 g/mol. The molecular formula is C12H10F2N2. The van der Waals surface area contributed by atoms with E-state index in [0.717, 1.165) is 12.1 Å². The predicted octanol–water partition coefficient (Wildman–Crippen LogP) is 2.80. The van der Waals surface area contributed by atoms with Gasteiger partial charge in [0.05, 0.1) is 0 Å². The van der Waals surface area contributed by atoms with Gasteiger partial charge in [-0.1, -0.05) is 0 Å². The van der Waals surface area contributed by atoms with Crippen LogP contribution in [0.3, 0.4) is 0 Å². The van der Waals surface area contributed by atoms with Crippen LogP contribution in [0.1, 0.15) is 0 Å². The summed E-state index contributed by atoms with van der Waals surface area (Å²) in [6.07, 6.45) is 0. The maximum Gasteiger partial charge on any atom is 0.133 e. The molecule has 0 aliphatic carbocycles. The summed E-state index contributed by atoms with van der Waals surface area (Å²) < 4.78 is 27.1. The van der Waals surface area contributed by atoms with Gasteiger partial charge in [-0.3, -0.25) is 0 Å². The Bertz CT molecular complexity index is 489. The first kappa shape index (κ1) is 10.4. The molecule has 0 amide bonds. The molecule has 0 spiro atoms. The van der Waals surface area contributed by atoms with Gasteiger partial charge in [0, 0.05) is 22.5 Å². The fourth-order valence-electron chi connectivity index (χ4n) is 1.50. The van der Waals surface area contributed by atoms with Crippen LogP contribution in [-0.2, 0) is 0 Å². The first-order chi connectivity index (χ1) is 7.58. The molecule has 2 nitrogen and oxygen atoms in total. The van der Waals surface area contributed by atoms with Gasteiger partial charge in [0.15, 0.2) is 0 Å². The molecular weight excluding hydrogens is 210 g/mol. The van der Waals surface area contributed by atoms with Crippen molar-refractivity contribution in [3.63, 3.8) is 0 Å². The molecule has 0 aromatic heterocycles. The quantitative estimate of drug-likeness (QED) is 0.726. The Morgan fingerprint density at radius 2 is 1.06 bits per heavy atom. The number of hydrogen-bond donors (Lipinski definition) is 2. The second-order valence-corrected chi connectivity index (χ2v) is 3.48. The van der Waals surface area contributed by atoms with Crippen molar-refractivity contribution in [2.24, 2.45) is 0 Å². The van der Waals surface area contributed by atoms with E-state index in [2.05, 4.69) is 0 Å². The SMILES string of the molecule is Nc1ccc(-c2ccc(N)cc2F)c(F)c1. The fraction of sp³-hybridized carbons (Fsp3) is 0. The van der Waals surface area contributed by atoms with Crippen LogP contribution in [0.4, 0.5) is 20.2 Å². The average Bonchev–Trinajstić information content (AvgIpc) is 2.19. The molecule has 0 fully saturated rings. The molecule has 0 unspecified atom stereocenters. The van der Waals surface area contributed by atoms with Gasteiger partial charge in [-0.15, -0.1) is 0 Å². The molecule has 0 radical (unpaired) electrons. The normalized spacial score (nSPS) is 10.4. The minimum Gasteiger partial charge on any atom is -0.399 e. The number of halogens is 2. The first-order valence-corrected chi connectivity index (χ1v) is 4.68. The topological polar surface area (TPSA) is 52.0 Å². The summed E-state index contributed by atoms with van der Waals surface area (Å²) in [6, 6.07) is 8.25. The lowest BCUT2D eigenvalue weighted by atomic mass is 10.0. The highest BCUT2D eigenvalue weighted by Crippen LogP contribution is 2.27. The van der Waals surface area contributed by atoms with Crippen LogP contribution >= 0.6 is 0 Å². The number of hydrogen-bond acceptors (Lipinski definition) is 2. The van der Waals surface area contributed by atoms with Crippen LogP contribution in [0.15, 0.2) is 36.4 Å². The van der Waals surface area contributed by atoms with Gasteiger partial charge in [-0.25, -0.2) is 8.78 Å². The van der Waals surface area contributed by atoms with Crippen molar-refractivity contribution in [3.05, 3.63) is 48.0 Å². The maximum atomic E-state index is 13.5. The molecule has 0 heterocycles. The second-order valence-electron chi connectivity index (χ2n) is 3.48. The van der Waals surface area contributed by atoms with Crippen LogP contribution in [-0.4, -0.2) is 0 Å². The van der Waals surface area contributed by atoms with Crippen molar-refractivity contribution in [2.75, 3.05) is 11.5 Å². The van der Waals surface area contributed by atoms with Crippen molar-refractivity contribution in [1.82, 2.24) is 0 Å². The summed E-state index contributed by atoms with van der Waals surface area (Å²) in [5, 5.41) is 0. The minimum absolute atomic E-state index is 0.173. The Kier molecular flexibility index (Phi) is 2.48. The molecule has 0 saturated heterocycles. The number of nitrogens with two attached hydrogens (primary N) is 2. The molecule has 0 aliphatic rings. The largest absolute Gasteiger partial charge is 0.399 e. The molecule has 4 N–H and O–H groups in total. The molecule has 2 rings (SSSR count). The van der Waals surface area contributed by atoms with E-state index >= 15 is 0 Å². The van der Waals surface area contributed by atoms with Gasteiger partial charge in [0.25, 0.3) is 0 Å². The van der Waals surface area contributed by atoms with Gasteiger partial charge in [-0.2, -0.15) is 0 Å². The van der Waals surface area contributed by atoms with E-state index < -0.39 is 11.6 Å². The summed E-state index contributed by atoms with van der Waals surface area (Å²) in [4.78, 5) is 0. The molecule has 16 heavy (non-hydrogen) atoms. The highest BCUT2D eigenvalue weighted by atomic mass is 19.1. The van der Waals surface area contributed by atoms with Crippen LogP contribution < -0.4 is 11.5 Å². The highest BCUT2D eigenvalue weighted by Gasteiger charge is 2.10. The lowest BCUT2D eigenvalue weighted by molar-refractivity contribution is 0.617. The lowest BCUT2D eigenvalue weighted by Gasteiger charge is -2.06. The Balaban J connectivity index is 2.59. The molecule has 0 saturated carbocycles. The first-order valence-electron chi connectivity index (χ1n) is 4.68. The van der Waals surface area contributed by atoms with Crippen LogP contribution in [0.2, 0.25) is 0 Å². The number of nitrogen functional groups attached to an aromatic ring is 2. The molecule has 0 bridgehead atoms. The molecule has 0 aliphatic heterocycles. The van der Waals surface area contributed by atoms with Gasteiger partial charge < -0.3 is 11.5 Å². The summed E-state index contributed by atoms with van der Waals surface area (Å²) in [6.45, 7) is 0. The molecule has 2 aromatic carbocycles. The van der Waals surface area contributed by atoms with Crippen molar-refractivity contribution < 1.29 is 8.78 Å². The van der Waals surface area contributed by atoms with Crippen molar-refractivity contribution in [2.45, 2.75) is 0 Å². The molecule has 2 aromatic rings. The van der Waals surface area contributed by atoms with Crippen molar-refractivity contribution >= 4 is 11.4 Å². The Hall–Kier alpha value is -2.10. The third-order valence-corrected chi connectivity index (χ3v) is 2.28. The Morgan fingerprint density at radius 1 is 0.688 bits per heavy atom. The summed E-state index contributed by atoms with van der Waals surface area (Å²) in [7, 11) is 0. The number of benzene rings is 2. The van der Waals surface area contributed by atoms with E-state index in [-0.39, 0.29) is 11.1 Å². The van der Waals surface area contributed by atoms with E-state index in [4.69, 9.17) is 11.5 Å². The smallest absolute Gasteiger partial charge is 0.133 e. The van der Waals surface area contributed by atoms with Crippen LogP contribution in [0.5, 0.6) is 0 Å². The zero-order chi connectivity index (χ0) is 11.7. The van der Waals surface area contributed by atoms with Crippen LogP contribution in [0, 0.1) is 11.6 Å². The molecule has 82 valence electrons. The van der Waals surface area contributed by atoms with Gasteiger partial charge in [0.2, 0.25) is 0 Å². The van der Waals surface area contributed by atoms with Gasteiger partial charge >= 0.3 is 0 Å². The zero-order valence-corrected chi connectivity index (χ0v) is 8.37. The third-order valence-electron chi connectivity index (χ3n) is 2.28. The monoisotopic (exact) mass is 220 g/mol. The van der Waals surface area contributed by atoms with E-state index in [0.29, 0.717) is 11.4 Å². The summed E-state index contributed by atoms with van der Waals surface area (Å²) in [5.41, 5.74) is 11.8. The lowest BCUT2D eigenvalue weighted by Crippen LogP contribution is -1.93. The maximum absolute atomic E-state index is 13.5. The van der Waals surface area contributed by atoms with E-state index in [1.165, 1.54) is 24.3 Å². The standard InChI is InChI=1S/C12H10F2N2/c13-11-5-7(15)1-3-9(11)10-4-2-8(16)6-12(10)14/h1-6H,15-16H2. The zero-order valence-electron chi connectivity index (χ0n) is 8.37. The van der Waals surface area contributed by atoms with Gasteiger partial charge in [0.1, 0.15) is 11.6 Å². The minimum atomic E-state index is -0.552. The van der Waals surface area contributed by atoms with E-state index in [1.807, 2.05) is 0 Å². The predicted molar refractivity (Wildman–Crippen MR) is 60.6 cm³/mol. The Morgan fingerprint density at radius 3 is 1.38 bits per heavy atom. The van der Waals surface area contributed by atoms with Crippen molar-refractivity contribution in [3.8, 4) is 11.1 Å².